The van der Waals surface area contributed by atoms with Crippen molar-refractivity contribution in [3.05, 3.63) is 44.6 Å². The lowest BCUT2D eigenvalue weighted by molar-refractivity contribution is 0.103. The van der Waals surface area contributed by atoms with E-state index in [0.717, 1.165) is 6.42 Å². The number of aromatic amines is 1. The second kappa shape index (κ2) is 5.49. The van der Waals surface area contributed by atoms with Crippen LogP contribution in [0.3, 0.4) is 0 Å². The number of H-pyrrole nitrogens is 1. The van der Waals surface area contributed by atoms with E-state index in [-0.39, 0.29) is 11.5 Å². The average molecular weight is 303 g/mol. The molecular formula is C13H13N5O2S. The molecule has 2 N–H and O–H groups in total. The normalized spacial score (nSPS) is 10.9. The molecule has 0 unspecified atom stereocenters. The van der Waals surface area contributed by atoms with Crippen molar-refractivity contribution in [2.24, 2.45) is 0 Å². The Morgan fingerprint density at radius 3 is 3.10 bits per heavy atom. The van der Waals surface area contributed by atoms with E-state index in [1.54, 1.807) is 12.1 Å². The molecule has 3 heterocycles. The lowest BCUT2D eigenvalue weighted by Crippen LogP contribution is -2.18. The molecule has 0 radical (unpaired) electrons. The number of fused-ring (bicyclic) bond motifs is 1. The molecular weight excluding hydrogens is 290 g/mol. The van der Waals surface area contributed by atoms with Crippen LogP contribution in [0.5, 0.6) is 0 Å². The average Bonchev–Trinajstić information content (AvgIpc) is 3.07. The summed E-state index contributed by atoms with van der Waals surface area (Å²) in [6.45, 7) is 2.02. The number of nitrogens with zero attached hydrogens (tertiary/aromatic N) is 3. The standard InChI is InChI=1S/C13H13N5O2S/c1-2-4-9-14-13-16-11(19)7-10(18(13)17-9)15-12(20)8-5-3-6-21-8/h3,5-7H,2,4H2,1H3,(H,15,20)(H,14,16,17,19). The number of hydrogen-bond donors (Lipinski definition) is 2. The first-order valence-electron chi connectivity index (χ1n) is 6.51. The molecule has 3 rings (SSSR count). The highest BCUT2D eigenvalue weighted by atomic mass is 32.1. The molecule has 0 fully saturated rings. The number of hydrogen-bond acceptors (Lipinski definition) is 5. The van der Waals surface area contributed by atoms with E-state index in [4.69, 9.17) is 0 Å². The molecule has 21 heavy (non-hydrogen) atoms. The molecule has 0 saturated heterocycles. The summed E-state index contributed by atoms with van der Waals surface area (Å²) < 4.78 is 1.44. The fourth-order valence-corrected chi connectivity index (χ4v) is 2.56. The van der Waals surface area contributed by atoms with Crippen molar-refractivity contribution in [1.82, 2.24) is 19.6 Å². The van der Waals surface area contributed by atoms with Crippen molar-refractivity contribution < 1.29 is 4.79 Å². The van der Waals surface area contributed by atoms with Crippen LogP contribution in [0.25, 0.3) is 5.78 Å². The van der Waals surface area contributed by atoms with Crippen LogP contribution in [0.4, 0.5) is 5.82 Å². The van der Waals surface area contributed by atoms with Crippen molar-refractivity contribution in [2.45, 2.75) is 19.8 Å². The summed E-state index contributed by atoms with van der Waals surface area (Å²) >= 11 is 1.33. The molecule has 0 spiro atoms. The molecule has 0 aliphatic rings. The van der Waals surface area contributed by atoms with Crippen LogP contribution in [-0.4, -0.2) is 25.5 Å². The second-order valence-electron chi connectivity index (χ2n) is 4.46. The highest BCUT2D eigenvalue weighted by Crippen LogP contribution is 2.13. The first-order valence-corrected chi connectivity index (χ1v) is 7.39. The van der Waals surface area contributed by atoms with Crippen LogP contribution in [-0.2, 0) is 6.42 Å². The molecule has 0 aromatic carbocycles. The Balaban J connectivity index is 2.00. The Morgan fingerprint density at radius 1 is 1.52 bits per heavy atom. The van der Waals surface area contributed by atoms with Gasteiger partial charge in [0.1, 0.15) is 5.82 Å². The highest BCUT2D eigenvalue weighted by molar-refractivity contribution is 7.12. The zero-order chi connectivity index (χ0) is 14.8. The van der Waals surface area contributed by atoms with Gasteiger partial charge in [0, 0.05) is 12.5 Å². The van der Waals surface area contributed by atoms with Crippen LogP contribution >= 0.6 is 11.3 Å². The van der Waals surface area contributed by atoms with Crippen molar-refractivity contribution >= 4 is 28.8 Å². The summed E-state index contributed by atoms with van der Waals surface area (Å²) in [5.41, 5.74) is -0.334. The largest absolute Gasteiger partial charge is 0.306 e. The molecule has 0 saturated carbocycles. The Hall–Kier alpha value is -2.48. The van der Waals surface area contributed by atoms with E-state index in [2.05, 4.69) is 20.4 Å². The third-order valence-corrected chi connectivity index (χ3v) is 3.71. The van der Waals surface area contributed by atoms with Gasteiger partial charge in [-0.25, -0.2) is 0 Å². The minimum absolute atomic E-state index is 0.274. The molecule has 0 aliphatic heterocycles. The molecule has 3 aromatic rings. The third kappa shape index (κ3) is 2.70. The van der Waals surface area contributed by atoms with Crippen LogP contribution in [0.2, 0.25) is 0 Å². The lowest BCUT2D eigenvalue weighted by atomic mass is 10.3. The van der Waals surface area contributed by atoms with Crippen molar-refractivity contribution in [3.8, 4) is 0 Å². The molecule has 0 bridgehead atoms. The van der Waals surface area contributed by atoms with Gasteiger partial charge in [-0.2, -0.15) is 9.50 Å². The Morgan fingerprint density at radius 2 is 2.38 bits per heavy atom. The van der Waals surface area contributed by atoms with Gasteiger partial charge in [-0.3, -0.25) is 14.6 Å². The van der Waals surface area contributed by atoms with Crippen LogP contribution in [0.15, 0.2) is 28.4 Å². The topological polar surface area (TPSA) is 92.1 Å². The van der Waals surface area contributed by atoms with E-state index < -0.39 is 0 Å². The number of carbonyl (C=O) groups is 1. The third-order valence-electron chi connectivity index (χ3n) is 2.84. The van der Waals surface area contributed by atoms with Gasteiger partial charge in [0.25, 0.3) is 11.5 Å². The summed E-state index contributed by atoms with van der Waals surface area (Å²) in [5, 5.41) is 8.81. The number of nitrogens with one attached hydrogen (secondary N) is 2. The highest BCUT2D eigenvalue weighted by Gasteiger charge is 2.13. The predicted octanol–water partition coefficient (Wildman–Crippen LogP) is 1.68. The Bertz CT molecular complexity index is 834. The van der Waals surface area contributed by atoms with E-state index in [1.807, 2.05) is 12.3 Å². The maximum Gasteiger partial charge on any atom is 0.266 e. The van der Waals surface area contributed by atoms with E-state index in [0.29, 0.717) is 28.7 Å². The molecule has 1 amide bonds. The van der Waals surface area contributed by atoms with E-state index >= 15 is 0 Å². The monoisotopic (exact) mass is 303 g/mol. The minimum atomic E-state index is -0.334. The number of amides is 1. The van der Waals surface area contributed by atoms with Gasteiger partial charge in [-0.1, -0.05) is 13.0 Å². The number of rotatable bonds is 4. The SMILES string of the molecule is CCCc1nc2[nH]c(=O)cc(NC(=O)c3cccs3)n2n1. The van der Waals surface area contributed by atoms with Crippen molar-refractivity contribution in [3.63, 3.8) is 0 Å². The molecule has 3 aromatic heterocycles. The van der Waals surface area contributed by atoms with E-state index in [1.165, 1.54) is 21.9 Å². The van der Waals surface area contributed by atoms with Gasteiger partial charge in [-0.15, -0.1) is 16.4 Å². The van der Waals surface area contributed by atoms with Crippen LogP contribution in [0.1, 0.15) is 28.8 Å². The fourth-order valence-electron chi connectivity index (χ4n) is 1.94. The minimum Gasteiger partial charge on any atom is -0.306 e. The molecule has 0 atom stereocenters. The Labute approximate surface area is 123 Å². The summed E-state index contributed by atoms with van der Waals surface area (Å²) in [6, 6.07) is 4.80. The van der Waals surface area contributed by atoms with E-state index in [9.17, 15) is 9.59 Å². The lowest BCUT2D eigenvalue weighted by Gasteiger charge is -2.04. The van der Waals surface area contributed by atoms with Gasteiger partial charge in [0.15, 0.2) is 5.82 Å². The number of aryl methyl sites for hydroxylation is 1. The summed E-state index contributed by atoms with van der Waals surface area (Å²) in [5.74, 6) is 0.991. The molecule has 7 nitrogen and oxygen atoms in total. The first kappa shape index (κ1) is 13.5. The van der Waals surface area contributed by atoms with Crippen molar-refractivity contribution in [2.75, 3.05) is 5.32 Å². The van der Waals surface area contributed by atoms with Crippen molar-refractivity contribution in [1.29, 1.82) is 0 Å². The summed E-state index contributed by atoms with van der Waals surface area (Å²) in [4.78, 5) is 31.2. The summed E-state index contributed by atoms with van der Waals surface area (Å²) in [6.07, 6.45) is 1.61. The second-order valence-corrected chi connectivity index (χ2v) is 5.41. The summed E-state index contributed by atoms with van der Waals surface area (Å²) in [7, 11) is 0. The number of thiophene rings is 1. The fraction of sp³-hybridized carbons (Fsp3) is 0.231. The molecule has 108 valence electrons. The molecule has 8 heteroatoms. The quantitative estimate of drug-likeness (QED) is 0.767. The van der Waals surface area contributed by atoms with Gasteiger partial charge in [-0.05, 0) is 17.9 Å². The zero-order valence-electron chi connectivity index (χ0n) is 11.3. The smallest absolute Gasteiger partial charge is 0.266 e. The Kier molecular flexibility index (Phi) is 3.53. The maximum absolute atomic E-state index is 12.1. The number of aromatic nitrogens is 4. The maximum atomic E-state index is 12.1. The van der Waals surface area contributed by atoms with Crippen LogP contribution in [0, 0.1) is 0 Å². The zero-order valence-corrected chi connectivity index (χ0v) is 12.1. The van der Waals surface area contributed by atoms with Gasteiger partial charge >= 0.3 is 0 Å². The van der Waals surface area contributed by atoms with Gasteiger partial charge in [0.05, 0.1) is 4.88 Å². The predicted molar refractivity (Wildman–Crippen MR) is 79.9 cm³/mol. The van der Waals surface area contributed by atoms with Gasteiger partial charge < -0.3 is 5.32 Å². The number of anilines is 1. The van der Waals surface area contributed by atoms with Gasteiger partial charge in [0.2, 0.25) is 5.78 Å². The number of carbonyl (C=O) groups excluding carboxylic acids is 1. The van der Waals surface area contributed by atoms with Crippen LogP contribution < -0.4 is 10.9 Å². The molecule has 0 aliphatic carbocycles. The first-order chi connectivity index (χ1) is 10.2.